The molecule has 34 heavy (non-hydrogen) atoms. The predicted molar refractivity (Wildman–Crippen MR) is 137 cm³/mol. The predicted octanol–water partition coefficient (Wildman–Crippen LogP) is 3.47. The molecular formula is C28H24MgN4O-2. The van der Waals surface area contributed by atoms with Crippen molar-refractivity contribution in [1.29, 1.82) is 0 Å². The molecule has 3 aromatic rings. The molecule has 0 spiro atoms. The number of hydrogen-bond donors (Lipinski definition) is 0. The van der Waals surface area contributed by atoms with Gasteiger partial charge < -0.3 is 20.3 Å². The summed E-state index contributed by atoms with van der Waals surface area (Å²) in [7, 11) is 0. The Bertz CT molecular complexity index is 1570. The van der Waals surface area contributed by atoms with E-state index in [0.29, 0.717) is 12.0 Å². The van der Waals surface area contributed by atoms with Crippen LogP contribution in [0.1, 0.15) is 75.2 Å². The van der Waals surface area contributed by atoms with Gasteiger partial charge in [-0.05, 0) is 38.7 Å². The Balaban J connectivity index is 0.00000241. The minimum absolute atomic E-state index is 0. The van der Waals surface area contributed by atoms with Crippen LogP contribution >= 0.6 is 0 Å². The molecule has 1 aliphatic carbocycles. The van der Waals surface area contributed by atoms with Crippen LogP contribution in [0.3, 0.4) is 0 Å². The second-order valence-corrected chi connectivity index (χ2v) is 9.30. The maximum Gasteiger partial charge on any atom is 2.00 e. The molecule has 0 saturated carbocycles. The summed E-state index contributed by atoms with van der Waals surface area (Å²) in [4.78, 5) is 27.5. The Kier molecular flexibility index (Phi) is 5.41. The van der Waals surface area contributed by atoms with Crippen molar-refractivity contribution >= 4 is 58.7 Å². The first kappa shape index (κ1) is 22.8. The van der Waals surface area contributed by atoms with Crippen LogP contribution in [-0.4, -0.2) is 28.8 Å². The van der Waals surface area contributed by atoms with Crippen molar-refractivity contribution in [1.82, 2.24) is 15.0 Å². The molecule has 3 aliphatic rings. The van der Waals surface area contributed by atoms with E-state index >= 15 is 0 Å². The molecule has 0 N–H and O–H groups in total. The summed E-state index contributed by atoms with van der Waals surface area (Å²) in [5.74, 6) is 0.370. The Morgan fingerprint density at radius 1 is 0.971 bits per heavy atom. The molecule has 1 fully saturated rings. The van der Waals surface area contributed by atoms with Gasteiger partial charge in [0.15, 0.2) is 5.78 Å². The molecular weight excluding hydrogens is 433 g/mol. The van der Waals surface area contributed by atoms with E-state index in [-0.39, 0.29) is 34.8 Å². The molecule has 5 nitrogen and oxygen atoms in total. The van der Waals surface area contributed by atoms with Crippen molar-refractivity contribution < 1.29 is 4.79 Å². The molecule has 166 valence electrons. The standard InChI is InChI=1S/C28H25N4O.Mg/c1-6-18-16(5)24-11-21-13(2)7-25(30-21)19-10-27(33)20-8-17(29-28(19)20)9-22-14(3)15(4)23(31-22)12-26(18)32-24;/h6,8-9,11-13H,1,7,10H2,2-5H3,(H-,29,30,33);/q-3;+2/p-1/b21-11-,22-9-,23-12-;/t13-;/m0./s1. The van der Waals surface area contributed by atoms with Crippen LogP contribution in [0.4, 0.5) is 0 Å². The van der Waals surface area contributed by atoms with Crippen LogP contribution < -0.4 is 25.7 Å². The fourth-order valence-electron chi connectivity index (χ4n) is 5.09. The van der Waals surface area contributed by atoms with Gasteiger partial charge in [-0.2, -0.15) is 11.4 Å². The quantitative estimate of drug-likeness (QED) is 0.526. The average Bonchev–Trinajstić information content (AvgIpc) is 3.54. The van der Waals surface area contributed by atoms with E-state index in [2.05, 4.69) is 40.3 Å². The van der Waals surface area contributed by atoms with Gasteiger partial charge in [0.2, 0.25) is 0 Å². The molecule has 1 atom stereocenters. The first-order chi connectivity index (χ1) is 15.8. The van der Waals surface area contributed by atoms with E-state index in [1.165, 1.54) is 0 Å². The van der Waals surface area contributed by atoms with Gasteiger partial charge in [0.1, 0.15) is 0 Å². The summed E-state index contributed by atoms with van der Waals surface area (Å²) in [6, 6.07) is 1.90. The smallest absolute Gasteiger partial charge is 0.664 e. The van der Waals surface area contributed by atoms with Crippen LogP contribution in [0.5, 0.6) is 0 Å². The van der Waals surface area contributed by atoms with Crippen LogP contribution in [-0.2, 0) is 0 Å². The molecule has 6 heteroatoms. The van der Waals surface area contributed by atoms with Gasteiger partial charge in [-0.1, -0.05) is 66.1 Å². The molecule has 2 aliphatic heterocycles. The van der Waals surface area contributed by atoms with Crippen molar-refractivity contribution in [2.24, 2.45) is 5.92 Å². The molecule has 0 unspecified atom stereocenters. The van der Waals surface area contributed by atoms with Crippen molar-refractivity contribution in [3.8, 4) is 0 Å². The van der Waals surface area contributed by atoms with E-state index < -0.39 is 0 Å². The molecule has 8 bridgehead atoms. The zero-order valence-electron chi connectivity index (χ0n) is 20.0. The number of fused-ring (bicyclic) bond motifs is 7. The number of nitrogens with zero attached hydrogens (tertiary/aromatic N) is 4. The first-order valence-electron chi connectivity index (χ1n) is 11.3. The van der Waals surface area contributed by atoms with E-state index in [9.17, 15) is 4.79 Å². The topological polar surface area (TPSA) is 73.5 Å². The van der Waals surface area contributed by atoms with E-state index in [1.54, 1.807) is 0 Å². The van der Waals surface area contributed by atoms with Crippen molar-refractivity contribution in [2.75, 3.05) is 0 Å². The largest absolute Gasteiger partial charge is 2.00 e. The third kappa shape index (κ3) is 3.31. The number of allylic oxidation sites excluding steroid dienone is 3. The van der Waals surface area contributed by atoms with Crippen molar-refractivity contribution in [3.63, 3.8) is 0 Å². The van der Waals surface area contributed by atoms with Crippen LogP contribution in [0, 0.1) is 26.7 Å². The zero-order chi connectivity index (χ0) is 23.0. The average molecular weight is 457 g/mol. The number of ketones is 1. The molecule has 1 saturated heterocycles. The van der Waals surface area contributed by atoms with Gasteiger partial charge in [-0.15, -0.1) is 33.5 Å². The summed E-state index contributed by atoms with van der Waals surface area (Å²) in [6.07, 6.45) is 9.15. The maximum absolute atomic E-state index is 12.8. The summed E-state index contributed by atoms with van der Waals surface area (Å²) < 4.78 is 0. The molecule has 0 aromatic carbocycles. The third-order valence-electron chi connectivity index (χ3n) is 7.25. The fourth-order valence-corrected chi connectivity index (χ4v) is 5.09. The van der Waals surface area contributed by atoms with E-state index in [0.717, 1.165) is 79.1 Å². The number of aromatic nitrogens is 3. The van der Waals surface area contributed by atoms with Gasteiger partial charge >= 0.3 is 23.1 Å². The van der Waals surface area contributed by atoms with Gasteiger partial charge in [0, 0.05) is 12.0 Å². The van der Waals surface area contributed by atoms with E-state index in [1.807, 2.05) is 24.3 Å². The van der Waals surface area contributed by atoms with Gasteiger partial charge in [-0.3, -0.25) is 4.79 Å². The first-order valence-corrected chi connectivity index (χ1v) is 11.3. The molecule has 5 heterocycles. The van der Waals surface area contributed by atoms with Crippen molar-refractivity contribution in [2.45, 2.75) is 40.5 Å². The summed E-state index contributed by atoms with van der Waals surface area (Å²) >= 11 is 0. The summed E-state index contributed by atoms with van der Waals surface area (Å²) in [5.41, 5.74) is 11.3. The Labute approximate surface area is 215 Å². The number of rotatable bonds is 1. The minimum atomic E-state index is 0. The van der Waals surface area contributed by atoms with Crippen LogP contribution in [0.2, 0.25) is 0 Å². The van der Waals surface area contributed by atoms with E-state index in [4.69, 9.17) is 20.3 Å². The fraction of sp³-hybridized carbons (Fsp3) is 0.250. The SMILES string of the molecule is C=Cc1c2[n-]c(c1C)/C=C1\[N-]/C(=C3/CC(=O)c4cc([n-]c43)/C=c3\[n-]/c(c(C)c3C)=C\2)C[C@@H]1C.[Mg+2]. The second-order valence-electron chi connectivity index (χ2n) is 9.30. The van der Waals surface area contributed by atoms with Gasteiger partial charge in [0.05, 0.1) is 0 Å². The molecule has 3 aromatic heterocycles. The summed E-state index contributed by atoms with van der Waals surface area (Å²) in [5, 5.41) is 6.73. The summed E-state index contributed by atoms with van der Waals surface area (Å²) in [6.45, 7) is 12.4. The van der Waals surface area contributed by atoms with Crippen LogP contribution in [0.15, 0.2) is 24.0 Å². The minimum Gasteiger partial charge on any atom is -0.664 e. The number of hydrogen-bond acceptors (Lipinski definition) is 1. The molecule has 0 amide bonds. The third-order valence-corrected chi connectivity index (χ3v) is 7.25. The Hall–Kier alpha value is -2.96. The molecule has 0 radical (unpaired) electrons. The van der Waals surface area contributed by atoms with Crippen molar-refractivity contribution in [3.05, 3.63) is 90.6 Å². The monoisotopic (exact) mass is 456 g/mol. The maximum atomic E-state index is 12.8. The van der Waals surface area contributed by atoms with Crippen LogP contribution in [0.25, 0.3) is 35.2 Å². The van der Waals surface area contributed by atoms with Gasteiger partial charge in [0.25, 0.3) is 0 Å². The Morgan fingerprint density at radius 3 is 2.44 bits per heavy atom. The number of Topliss-reactive ketones (excluding diaryl/α,β-unsaturated/α-hetero) is 1. The Morgan fingerprint density at radius 2 is 1.71 bits per heavy atom. The number of carbonyl (C=O) groups is 1. The molecule has 6 rings (SSSR count). The van der Waals surface area contributed by atoms with Gasteiger partial charge in [-0.25, -0.2) is 0 Å². The number of carbonyl (C=O) groups excluding carboxylic acids is 1. The zero-order valence-corrected chi connectivity index (χ0v) is 21.4. The second kappa shape index (κ2) is 8.06. The normalized spacial score (nSPS) is 23.8.